The molecule has 10 nitrogen and oxygen atoms in total. The minimum atomic E-state index is -0.761. The van der Waals surface area contributed by atoms with E-state index in [4.69, 9.17) is 4.99 Å². The van der Waals surface area contributed by atoms with Gasteiger partial charge in [-0.25, -0.2) is 14.1 Å². The number of amides is 1. The van der Waals surface area contributed by atoms with Crippen molar-refractivity contribution in [2.75, 3.05) is 26.2 Å². The monoisotopic (exact) mass is 528 g/mol. The molecule has 4 aromatic rings. The van der Waals surface area contributed by atoms with Crippen molar-refractivity contribution in [2.45, 2.75) is 38.1 Å². The predicted molar refractivity (Wildman–Crippen MR) is 143 cm³/mol. The lowest BCUT2D eigenvalue weighted by atomic mass is 9.96. The van der Waals surface area contributed by atoms with Crippen LogP contribution < -0.4 is 0 Å². The first-order chi connectivity index (χ1) is 19.1. The van der Waals surface area contributed by atoms with E-state index in [1.807, 2.05) is 18.2 Å². The molecule has 39 heavy (non-hydrogen) atoms. The zero-order valence-electron chi connectivity index (χ0n) is 21.5. The summed E-state index contributed by atoms with van der Waals surface area (Å²) in [6.07, 6.45) is 11.3. The molecule has 0 radical (unpaired) electrons. The van der Waals surface area contributed by atoms with Crippen molar-refractivity contribution >= 4 is 28.4 Å². The van der Waals surface area contributed by atoms with Gasteiger partial charge in [0.25, 0.3) is 11.7 Å². The molecule has 0 unspecified atom stereocenters. The van der Waals surface area contributed by atoms with Crippen LogP contribution in [-0.2, 0) is 4.79 Å². The molecule has 1 aromatic carbocycles. The highest BCUT2D eigenvalue weighted by Gasteiger charge is 2.31. The van der Waals surface area contributed by atoms with Crippen molar-refractivity contribution in [3.05, 3.63) is 72.1 Å². The molecule has 1 N–H and O–H groups in total. The van der Waals surface area contributed by atoms with Gasteiger partial charge in [-0.15, -0.1) is 5.10 Å². The summed E-state index contributed by atoms with van der Waals surface area (Å²) in [6.45, 7) is 1.86. The SMILES string of the molecule is O=C(C(=O)N1CCN(/C(=N/C2CCCCC2)c2ccccc2)CC1)c1c[nH]c2c(-n3ccnn3)ncc(F)c12. The maximum atomic E-state index is 14.8. The molecule has 1 aliphatic heterocycles. The van der Waals surface area contributed by atoms with Crippen LogP contribution in [0.25, 0.3) is 16.7 Å². The Kier molecular flexibility index (Phi) is 6.87. The molecule has 0 bridgehead atoms. The third kappa shape index (κ3) is 4.91. The number of Topliss-reactive ketones (excluding diaryl/α,β-unsaturated/α-hetero) is 1. The number of carbonyl (C=O) groups is 2. The topological polar surface area (TPSA) is 112 Å². The summed E-state index contributed by atoms with van der Waals surface area (Å²) in [5, 5.41) is 7.66. The number of amidine groups is 1. The van der Waals surface area contributed by atoms with E-state index in [2.05, 4.69) is 37.3 Å². The van der Waals surface area contributed by atoms with E-state index in [0.717, 1.165) is 30.4 Å². The van der Waals surface area contributed by atoms with Crippen molar-refractivity contribution in [2.24, 2.45) is 4.99 Å². The summed E-state index contributed by atoms with van der Waals surface area (Å²) < 4.78 is 16.2. The number of aliphatic imine (C=N–C) groups is 1. The molecule has 11 heteroatoms. The fraction of sp³-hybridized carbons (Fsp3) is 0.357. The third-order valence-electron chi connectivity index (χ3n) is 7.50. The summed E-state index contributed by atoms with van der Waals surface area (Å²) in [5.74, 6) is -0.868. The Morgan fingerprint density at radius 2 is 1.74 bits per heavy atom. The normalized spacial score (nSPS) is 17.1. The number of H-pyrrole nitrogens is 1. The predicted octanol–water partition coefficient (Wildman–Crippen LogP) is 3.39. The van der Waals surface area contributed by atoms with E-state index in [-0.39, 0.29) is 22.3 Å². The summed E-state index contributed by atoms with van der Waals surface area (Å²) in [7, 11) is 0. The van der Waals surface area contributed by atoms with Crippen molar-refractivity contribution in [3.8, 4) is 5.82 Å². The molecular formula is C28H29FN8O2. The van der Waals surface area contributed by atoms with Crippen LogP contribution in [0.2, 0.25) is 0 Å². The largest absolute Gasteiger partial charge is 0.357 e. The Labute approximate surface area is 224 Å². The number of hydrogen-bond donors (Lipinski definition) is 1. The lowest BCUT2D eigenvalue weighted by Crippen LogP contribution is -2.52. The van der Waals surface area contributed by atoms with Crippen LogP contribution in [0.5, 0.6) is 0 Å². The molecule has 6 rings (SSSR count). The number of carbonyl (C=O) groups excluding carboxylic acids is 2. The van der Waals surface area contributed by atoms with Gasteiger partial charge >= 0.3 is 0 Å². The van der Waals surface area contributed by atoms with Gasteiger partial charge in [0.1, 0.15) is 5.84 Å². The van der Waals surface area contributed by atoms with E-state index in [1.165, 1.54) is 41.2 Å². The second-order valence-electron chi connectivity index (χ2n) is 9.95. The van der Waals surface area contributed by atoms with Crippen molar-refractivity contribution in [1.29, 1.82) is 0 Å². The van der Waals surface area contributed by atoms with E-state index >= 15 is 0 Å². The zero-order chi connectivity index (χ0) is 26.8. The van der Waals surface area contributed by atoms with E-state index in [9.17, 15) is 14.0 Å². The number of aromatic amines is 1. The van der Waals surface area contributed by atoms with Gasteiger partial charge in [0.15, 0.2) is 11.6 Å². The van der Waals surface area contributed by atoms with E-state index in [0.29, 0.717) is 32.2 Å². The van der Waals surface area contributed by atoms with Gasteiger partial charge in [0.05, 0.1) is 41.1 Å². The molecule has 1 saturated carbocycles. The molecule has 0 spiro atoms. The smallest absolute Gasteiger partial charge is 0.295 e. The van der Waals surface area contributed by atoms with Gasteiger partial charge < -0.3 is 14.8 Å². The molecule has 3 aromatic heterocycles. The van der Waals surface area contributed by atoms with Crippen LogP contribution in [0.3, 0.4) is 0 Å². The number of halogens is 1. The average molecular weight is 529 g/mol. The minimum Gasteiger partial charge on any atom is -0.357 e. The molecule has 2 fully saturated rings. The Bertz CT molecular complexity index is 1500. The number of hydrogen-bond acceptors (Lipinski definition) is 6. The molecule has 1 aliphatic carbocycles. The average Bonchev–Trinajstić information content (AvgIpc) is 3.68. The molecule has 1 saturated heterocycles. The Hall–Kier alpha value is -4.41. The fourth-order valence-corrected chi connectivity index (χ4v) is 5.46. The molecule has 4 heterocycles. The third-order valence-corrected chi connectivity index (χ3v) is 7.50. The molecular weight excluding hydrogens is 499 g/mol. The number of piperazine rings is 1. The maximum absolute atomic E-state index is 14.8. The number of aromatic nitrogens is 5. The van der Waals surface area contributed by atoms with Gasteiger partial charge in [-0.1, -0.05) is 54.8 Å². The van der Waals surface area contributed by atoms with Gasteiger partial charge in [-0.05, 0) is 12.8 Å². The number of nitrogens with one attached hydrogen (secondary N) is 1. The summed E-state index contributed by atoms with van der Waals surface area (Å²) >= 11 is 0. The number of pyridine rings is 1. The van der Waals surface area contributed by atoms with Crippen LogP contribution in [0, 0.1) is 5.82 Å². The highest BCUT2D eigenvalue weighted by atomic mass is 19.1. The molecule has 0 atom stereocenters. The first-order valence-corrected chi connectivity index (χ1v) is 13.3. The quantitative estimate of drug-likeness (QED) is 0.184. The number of ketones is 1. The highest BCUT2D eigenvalue weighted by molar-refractivity contribution is 6.45. The van der Waals surface area contributed by atoms with E-state index in [1.54, 1.807) is 6.20 Å². The maximum Gasteiger partial charge on any atom is 0.295 e. The molecule has 2 aliphatic rings. The van der Waals surface area contributed by atoms with Crippen LogP contribution in [0.4, 0.5) is 4.39 Å². The number of benzene rings is 1. The fourth-order valence-electron chi connectivity index (χ4n) is 5.46. The second kappa shape index (κ2) is 10.8. The Balaban J connectivity index is 1.20. The lowest BCUT2D eigenvalue weighted by molar-refractivity contribution is -0.127. The van der Waals surface area contributed by atoms with Crippen LogP contribution >= 0.6 is 0 Å². The van der Waals surface area contributed by atoms with Crippen LogP contribution in [0.1, 0.15) is 48.0 Å². The molecule has 200 valence electrons. The minimum absolute atomic E-state index is 0.0125. The van der Waals surface area contributed by atoms with Crippen LogP contribution in [0.15, 0.2) is 60.1 Å². The van der Waals surface area contributed by atoms with Gasteiger partial charge in [0.2, 0.25) is 0 Å². The van der Waals surface area contributed by atoms with Crippen molar-refractivity contribution < 1.29 is 14.0 Å². The Morgan fingerprint density at radius 1 is 1.00 bits per heavy atom. The summed E-state index contributed by atoms with van der Waals surface area (Å²) in [5.41, 5.74) is 1.31. The number of rotatable bonds is 5. The zero-order valence-corrected chi connectivity index (χ0v) is 21.5. The summed E-state index contributed by atoms with van der Waals surface area (Å²) in [4.78, 5) is 42.5. The van der Waals surface area contributed by atoms with Crippen molar-refractivity contribution in [1.82, 2.24) is 34.8 Å². The second-order valence-corrected chi connectivity index (χ2v) is 9.95. The molecule has 1 amide bonds. The van der Waals surface area contributed by atoms with Gasteiger partial charge in [-0.3, -0.25) is 14.6 Å². The van der Waals surface area contributed by atoms with E-state index < -0.39 is 17.5 Å². The van der Waals surface area contributed by atoms with Crippen molar-refractivity contribution in [3.63, 3.8) is 0 Å². The summed E-state index contributed by atoms with van der Waals surface area (Å²) in [6, 6.07) is 10.4. The number of fused-ring (bicyclic) bond motifs is 1. The van der Waals surface area contributed by atoms with Gasteiger partial charge in [0, 0.05) is 37.9 Å². The standard InChI is InChI=1S/C28H29FN8O2/c29-22-18-31-27(37-12-11-32-34-37)24-23(22)21(17-30-24)25(38)28(39)36-15-13-35(14-16-36)26(19-7-3-1-4-8-19)33-20-9-5-2-6-10-20/h1,3-4,7-8,11-12,17-18,20,30H,2,5-6,9-10,13-16H2/b33-26+. The number of nitrogens with zero attached hydrogens (tertiary/aromatic N) is 7. The lowest BCUT2D eigenvalue weighted by Gasteiger charge is -2.37. The first kappa shape index (κ1) is 24.9. The first-order valence-electron chi connectivity index (χ1n) is 13.3. The highest BCUT2D eigenvalue weighted by Crippen LogP contribution is 2.27. The van der Waals surface area contributed by atoms with Gasteiger partial charge in [-0.2, -0.15) is 0 Å². The van der Waals surface area contributed by atoms with Crippen LogP contribution in [-0.4, -0.2) is 84.5 Å². The Morgan fingerprint density at radius 3 is 2.46 bits per heavy atom.